The first kappa shape index (κ1) is 22.2. The maximum atomic E-state index is 6.99. The van der Waals surface area contributed by atoms with Crippen LogP contribution >= 0.6 is 31.9 Å². The Morgan fingerprint density at radius 3 is 2.00 bits per heavy atom. The first-order valence-electron chi connectivity index (χ1n) is 12.1. The van der Waals surface area contributed by atoms with E-state index in [1.807, 2.05) is 0 Å². The van der Waals surface area contributed by atoms with Gasteiger partial charge in [0, 0.05) is 28.4 Å². The molecule has 0 fully saturated rings. The van der Waals surface area contributed by atoms with Crippen molar-refractivity contribution in [3.8, 4) is 11.5 Å². The van der Waals surface area contributed by atoms with Crippen LogP contribution in [0.15, 0.2) is 87.0 Å². The molecule has 3 aromatic carbocycles. The van der Waals surface area contributed by atoms with Gasteiger partial charge >= 0.3 is 6.82 Å². The Hall–Kier alpha value is -3.03. The van der Waals surface area contributed by atoms with E-state index >= 15 is 0 Å². The molecule has 0 saturated heterocycles. The first-order valence-corrected chi connectivity index (χ1v) is 13.6. The SMILES string of the molecule is CC1=C(Br)C(C)=[N+]2C1=C(c1ccccc1)c1c(C)c(Br)c(C)n1[B-]21Oc2cc3ccccc3cc2O1. The van der Waals surface area contributed by atoms with Gasteiger partial charge in [-0.3, -0.25) is 0 Å². The first-order chi connectivity index (χ1) is 17.3. The normalized spacial score (nSPS) is 17.5. The van der Waals surface area contributed by atoms with Crippen molar-refractivity contribution in [3.63, 3.8) is 0 Å². The maximum Gasteiger partial charge on any atom is 0.780 e. The van der Waals surface area contributed by atoms with E-state index in [4.69, 9.17) is 9.31 Å². The summed E-state index contributed by atoms with van der Waals surface area (Å²) in [6, 6.07) is 23.1. The van der Waals surface area contributed by atoms with Crippen molar-refractivity contribution in [2.75, 3.05) is 0 Å². The fraction of sp³-hybridized carbons (Fsp3) is 0.138. The molecule has 0 bridgehead atoms. The van der Waals surface area contributed by atoms with Gasteiger partial charge in [0.05, 0.1) is 10.1 Å². The summed E-state index contributed by atoms with van der Waals surface area (Å²) in [5.74, 6) is 1.52. The third-order valence-corrected chi connectivity index (χ3v) is 10.1. The zero-order valence-electron chi connectivity index (χ0n) is 20.4. The van der Waals surface area contributed by atoms with Crippen LogP contribution in [0.3, 0.4) is 0 Å². The second-order valence-corrected chi connectivity index (χ2v) is 11.3. The standard InChI is InChI=1S/C29H23BBr2N2O2/c1-16-26(31)18(3)33-28(16)25(20-10-6-5-7-11-20)29-17(2)27(32)19(4)34(29)30(33)35-23-14-21-12-8-9-13-22(21)15-24(23)36-30/h5-15H,1-4H3. The van der Waals surface area contributed by atoms with Crippen LogP contribution in [0.5, 0.6) is 11.5 Å². The molecule has 7 heteroatoms. The molecule has 0 unspecified atom stereocenters. The third-order valence-electron chi connectivity index (χ3n) is 7.77. The molecule has 0 atom stereocenters. The van der Waals surface area contributed by atoms with Crippen molar-refractivity contribution in [2.24, 2.45) is 0 Å². The molecule has 7 rings (SSSR count). The predicted octanol–water partition coefficient (Wildman–Crippen LogP) is 7.70. The Kier molecular flexibility index (Phi) is 4.62. The maximum absolute atomic E-state index is 6.99. The van der Waals surface area contributed by atoms with E-state index in [1.165, 1.54) is 16.7 Å². The molecule has 1 aromatic heterocycles. The van der Waals surface area contributed by atoms with Crippen molar-refractivity contribution in [1.29, 1.82) is 0 Å². The second kappa shape index (κ2) is 7.50. The lowest BCUT2D eigenvalue weighted by atomic mass is 9.78. The average molecular weight is 602 g/mol. The molecule has 3 aliphatic rings. The number of benzene rings is 3. The van der Waals surface area contributed by atoms with Gasteiger partial charge in [0.25, 0.3) is 0 Å². The Morgan fingerprint density at radius 2 is 1.39 bits per heavy atom. The Balaban J connectivity index is 1.60. The fourth-order valence-electron chi connectivity index (χ4n) is 6.14. The van der Waals surface area contributed by atoms with Gasteiger partial charge in [0.1, 0.15) is 17.2 Å². The Morgan fingerprint density at radius 1 is 0.806 bits per heavy atom. The number of hydrogen-bond donors (Lipinski definition) is 0. The molecule has 0 amide bonds. The van der Waals surface area contributed by atoms with E-state index in [0.717, 1.165) is 59.6 Å². The molecule has 0 radical (unpaired) electrons. The van der Waals surface area contributed by atoms with Crippen LogP contribution in [0.4, 0.5) is 0 Å². The summed E-state index contributed by atoms with van der Waals surface area (Å²) >= 11 is 7.78. The molecule has 3 aliphatic heterocycles. The molecule has 4 nitrogen and oxygen atoms in total. The van der Waals surface area contributed by atoms with Gasteiger partial charge in [-0.2, -0.15) is 0 Å². The summed E-state index contributed by atoms with van der Waals surface area (Å²) in [6.45, 7) is 6.44. The van der Waals surface area contributed by atoms with E-state index in [9.17, 15) is 0 Å². The van der Waals surface area contributed by atoms with Crippen molar-refractivity contribution < 1.29 is 13.8 Å². The summed E-state index contributed by atoms with van der Waals surface area (Å²) in [5, 5.41) is 2.26. The van der Waals surface area contributed by atoms with Crippen molar-refractivity contribution in [2.45, 2.75) is 27.7 Å². The molecule has 0 saturated carbocycles. The predicted molar refractivity (Wildman–Crippen MR) is 153 cm³/mol. The molecule has 4 aromatic rings. The van der Waals surface area contributed by atoms with E-state index < -0.39 is 6.82 Å². The lowest BCUT2D eigenvalue weighted by Gasteiger charge is -2.39. The van der Waals surface area contributed by atoms with Gasteiger partial charge in [-0.05, 0) is 86.7 Å². The molecular formula is C29H23BBr2N2O2. The fourth-order valence-corrected chi connectivity index (χ4v) is 6.90. The summed E-state index contributed by atoms with van der Waals surface area (Å²) in [7, 11) is 0. The minimum Gasteiger partial charge on any atom is -0.599 e. The van der Waals surface area contributed by atoms with Crippen molar-refractivity contribution >= 4 is 60.7 Å². The monoisotopic (exact) mass is 600 g/mol. The second-order valence-electron chi connectivity index (χ2n) is 9.74. The topological polar surface area (TPSA) is 26.4 Å². The summed E-state index contributed by atoms with van der Waals surface area (Å²) in [6.07, 6.45) is 0. The van der Waals surface area contributed by atoms with E-state index in [2.05, 4.69) is 135 Å². The third kappa shape index (κ3) is 2.68. The zero-order chi connectivity index (χ0) is 24.9. The van der Waals surface area contributed by atoms with Crippen LogP contribution in [-0.2, 0) is 0 Å². The lowest BCUT2D eigenvalue weighted by Crippen LogP contribution is -2.65. The number of fused-ring (bicyclic) bond motifs is 6. The number of aromatic nitrogens is 1. The highest BCUT2D eigenvalue weighted by Crippen LogP contribution is 2.51. The summed E-state index contributed by atoms with van der Waals surface area (Å²) < 4.78 is 20.7. The Bertz CT molecular complexity index is 1700. The summed E-state index contributed by atoms with van der Waals surface area (Å²) in [4.78, 5) is 0. The van der Waals surface area contributed by atoms with Crippen LogP contribution in [0.1, 0.15) is 36.4 Å². The van der Waals surface area contributed by atoms with Crippen LogP contribution in [0.2, 0.25) is 0 Å². The smallest absolute Gasteiger partial charge is 0.599 e. The number of hydrogen-bond acceptors (Lipinski definition) is 2. The molecule has 36 heavy (non-hydrogen) atoms. The Labute approximate surface area is 226 Å². The average Bonchev–Trinajstić information content (AvgIpc) is 3.44. The van der Waals surface area contributed by atoms with Gasteiger partial charge < -0.3 is 18.3 Å². The molecular weight excluding hydrogens is 579 g/mol. The zero-order valence-corrected chi connectivity index (χ0v) is 23.6. The van der Waals surface area contributed by atoms with Crippen LogP contribution in [0, 0.1) is 13.8 Å². The largest absolute Gasteiger partial charge is 0.780 e. The molecule has 1 spiro atoms. The molecule has 0 aliphatic carbocycles. The highest BCUT2D eigenvalue weighted by Gasteiger charge is 2.63. The number of halogens is 2. The van der Waals surface area contributed by atoms with Gasteiger partial charge in [-0.1, -0.05) is 54.6 Å². The van der Waals surface area contributed by atoms with E-state index in [1.54, 1.807) is 0 Å². The van der Waals surface area contributed by atoms with Gasteiger partial charge in [0.2, 0.25) is 0 Å². The minimum atomic E-state index is -2.16. The summed E-state index contributed by atoms with van der Waals surface area (Å²) in [5.41, 5.74) is 9.04. The molecule has 0 N–H and O–H groups in total. The highest BCUT2D eigenvalue weighted by atomic mass is 79.9. The van der Waals surface area contributed by atoms with Gasteiger partial charge in [-0.25, -0.2) is 0 Å². The van der Waals surface area contributed by atoms with Crippen molar-refractivity contribution in [3.05, 3.63) is 109 Å². The quantitative estimate of drug-likeness (QED) is 0.209. The van der Waals surface area contributed by atoms with Crippen LogP contribution in [-0.4, -0.2) is 21.5 Å². The van der Waals surface area contributed by atoms with E-state index in [0.29, 0.717) is 0 Å². The lowest BCUT2D eigenvalue weighted by molar-refractivity contribution is -0.369. The van der Waals surface area contributed by atoms with Crippen molar-refractivity contribution in [1.82, 2.24) is 4.48 Å². The van der Waals surface area contributed by atoms with Gasteiger partial charge in [-0.15, -0.1) is 0 Å². The molecule has 178 valence electrons. The van der Waals surface area contributed by atoms with Crippen LogP contribution < -0.4 is 9.31 Å². The molecule has 4 heterocycles. The minimum absolute atomic E-state index is 0.762. The van der Waals surface area contributed by atoms with Crippen LogP contribution in [0.25, 0.3) is 16.3 Å². The highest BCUT2D eigenvalue weighted by molar-refractivity contribution is 9.12. The van der Waals surface area contributed by atoms with Gasteiger partial charge in [0.15, 0.2) is 5.70 Å². The van der Waals surface area contributed by atoms with E-state index in [-0.39, 0.29) is 0 Å². The number of nitrogens with zero attached hydrogens (tertiary/aromatic N) is 2. The number of allylic oxidation sites excluding steroid dienone is 2. The number of rotatable bonds is 1.